The van der Waals surface area contributed by atoms with Gasteiger partial charge in [-0.1, -0.05) is 27.2 Å². The second-order valence-electron chi connectivity index (χ2n) is 4.45. The van der Waals surface area contributed by atoms with Gasteiger partial charge in [-0.25, -0.2) is 0 Å². The van der Waals surface area contributed by atoms with Gasteiger partial charge in [0.2, 0.25) is 0 Å². The van der Waals surface area contributed by atoms with Crippen LogP contribution in [0.5, 0.6) is 0 Å². The lowest BCUT2D eigenvalue weighted by Crippen LogP contribution is -2.36. The Hall–Kier alpha value is -0.530. The van der Waals surface area contributed by atoms with E-state index < -0.39 is 0 Å². The normalized spacial score (nSPS) is 25.6. The molecule has 2 nitrogen and oxygen atoms in total. The van der Waals surface area contributed by atoms with E-state index in [0.29, 0.717) is 12.3 Å². The number of cyclic esters (lactones) is 1. The Kier molecular flexibility index (Phi) is 5.04. The molecule has 0 unspecified atom stereocenters. The summed E-state index contributed by atoms with van der Waals surface area (Å²) in [6, 6.07) is 0. The van der Waals surface area contributed by atoms with Crippen LogP contribution in [0.1, 0.15) is 53.9 Å². The molecule has 0 radical (unpaired) electrons. The van der Waals surface area contributed by atoms with Gasteiger partial charge in [0.05, 0.1) is 0 Å². The first-order valence-electron chi connectivity index (χ1n) is 5.13. The lowest BCUT2D eigenvalue weighted by Gasteiger charge is -2.32. The summed E-state index contributed by atoms with van der Waals surface area (Å²) in [5, 5.41) is 0. The van der Waals surface area contributed by atoms with Crippen LogP contribution in [0, 0.1) is 5.92 Å². The summed E-state index contributed by atoms with van der Waals surface area (Å²) >= 11 is 0. The van der Waals surface area contributed by atoms with Crippen LogP contribution in [-0.4, -0.2) is 11.6 Å². The number of carbonyl (C=O) groups is 1. The van der Waals surface area contributed by atoms with E-state index in [4.69, 9.17) is 4.74 Å². The first-order valence-corrected chi connectivity index (χ1v) is 5.13. The highest BCUT2D eigenvalue weighted by molar-refractivity contribution is 5.70. The van der Waals surface area contributed by atoms with Gasteiger partial charge in [0, 0.05) is 6.42 Å². The van der Waals surface area contributed by atoms with E-state index in [1.807, 2.05) is 13.8 Å². The molecule has 0 spiro atoms. The molecule has 0 aliphatic carbocycles. The number of esters is 1. The number of rotatable bonds is 0. The molecule has 0 aromatic carbocycles. The Balaban J connectivity index is 0.000000424. The number of hydrogen-bond donors (Lipinski definition) is 0. The SMILES string of the molecule is CCC.C[C@@H]1CC(=O)OC(C)(C)C1. The third-order valence-electron chi connectivity index (χ3n) is 1.75. The van der Waals surface area contributed by atoms with Crippen molar-refractivity contribution in [3.8, 4) is 0 Å². The van der Waals surface area contributed by atoms with Gasteiger partial charge in [0.1, 0.15) is 5.60 Å². The van der Waals surface area contributed by atoms with Crippen molar-refractivity contribution in [2.75, 3.05) is 0 Å². The molecule has 1 atom stereocenters. The van der Waals surface area contributed by atoms with Crippen LogP contribution in [-0.2, 0) is 9.53 Å². The molecular weight excluding hydrogens is 164 g/mol. The van der Waals surface area contributed by atoms with Gasteiger partial charge in [-0.15, -0.1) is 0 Å². The largest absolute Gasteiger partial charge is 0.460 e. The molecule has 0 saturated carbocycles. The topological polar surface area (TPSA) is 26.3 Å². The lowest BCUT2D eigenvalue weighted by molar-refractivity contribution is -0.166. The van der Waals surface area contributed by atoms with Crippen molar-refractivity contribution in [3.05, 3.63) is 0 Å². The zero-order chi connectivity index (χ0) is 10.5. The highest BCUT2D eigenvalue weighted by Crippen LogP contribution is 2.28. The molecule has 1 aliphatic heterocycles. The van der Waals surface area contributed by atoms with Gasteiger partial charge >= 0.3 is 5.97 Å². The molecule has 0 N–H and O–H groups in total. The minimum absolute atomic E-state index is 0.0521. The van der Waals surface area contributed by atoms with Gasteiger partial charge in [0.15, 0.2) is 0 Å². The van der Waals surface area contributed by atoms with Crippen LogP contribution in [0.3, 0.4) is 0 Å². The molecule has 13 heavy (non-hydrogen) atoms. The molecule has 1 rings (SSSR count). The first-order chi connectivity index (χ1) is 5.91. The van der Waals surface area contributed by atoms with E-state index >= 15 is 0 Å². The van der Waals surface area contributed by atoms with E-state index in [1.54, 1.807) is 0 Å². The predicted octanol–water partition coefficient (Wildman–Crippen LogP) is 3.15. The fraction of sp³-hybridized carbons (Fsp3) is 0.909. The van der Waals surface area contributed by atoms with Crippen LogP contribution in [0.25, 0.3) is 0 Å². The van der Waals surface area contributed by atoms with Crippen molar-refractivity contribution in [1.82, 2.24) is 0 Å². The van der Waals surface area contributed by atoms with E-state index in [0.717, 1.165) is 6.42 Å². The molecule has 0 aromatic heterocycles. The Morgan fingerprint density at radius 2 is 1.92 bits per heavy atom. The van der Waals surface area contributed by atoms with Gasteiger partial charge < -0.3 is 4.74 Å². The molecule has 1 saturated heterocycles. The molecule has 0 aromatic rings. The minimum atomic E-state index is -0.227. The van der Waals surface area contributed by atoms with Gasteiger partial charge in [-0.2, -0.15) is 0 Å². The molecule has 2 heteroatoms. The van der Waals surface area contributed by atoms with E-state index in [1.165, 1.54) is 6.42 Å². The zero-order valence-corrected chi connectivity index (χ0v) is 9.52. The zero-order valence-electron chi connectivity index (χ0n) is 9.52. The van der Waals surface area contributed by atoms with Crippen LogP contribution in [0.2, 0.25) is 0 Å². The summed E-state index contributed by atoms with van der Waals surface area (Å²) in [5.41, 5.74) is -0.227. The predicted molar refractivity (Wildman–Crippen MR) is 54.5 cm³/mol. The number of ether oxygens (including phenoxy) is 1. The maximum Gasteiger partial charge on any atom is 0.306 e. The van der Waals surface area contributed by atoms with Crippen molar-refractivity contribution in [1.29, 1.82) is 0 Å². The standard InChI is InChI=1S/C8H14O2.C3H8/c1-6-4-7(9)10-8(2,3)5-6;1-3-2/h6H,4-5H2,1-3H3;3H2,1-2H3/t6-;/m1./s1. The Labute approximate surface area is 81.7 Å². The van der Waals surface area contributed by atoms with E-state index in [9.17, 15) is 4.79 Å². The summed E-state index contributed by atoms with van der Waals surface area (Å²) in [4.78, 5) is 10.9. The van der Waals surface area contributed by atoms with Crippen LogP contribution >= 0.6 is 0 Å². The Morgan fingerprint density at radius 3 is 2.23 bits per heavy atom. The van der Waals surface area contributed by atoms with E-state index in [2.05, 4.69) is 20.8 Å². The molecule has 0 bridgehead atoms. The molecule has 1 heterocycles. The highest BCUT2D eigenvalue weighted by atomic mass is 16.6. The molecule has 78 valence electrons. The van der Waals surface area contributed by atoms with Crippen LogP contribution in [0.15, 0.2) is 0 Å². The summed E-state index contributed by atoms with van der Waals surface area (Å²) in [7, 11) is 0. The third-order valence-corrected chi connectivity index (χ3v) is 1.75. The van der Waals surface area contributed by atoms with Crippen molar-refractivity contribution in [3.63, 3.8) is 0 Å². The average Bonchev–Trinajstić information content (AvgIpc) is 1.81. The maximum absolute atomic E-state index is 10.9. The quantitative estimate of drug-likeness (QED) is 0.543. The third kappa shape index (κ3) is 5.67. The summed E-state index contributed by atoms with van der Waals surface area (Å²) in [5.74, 6) is 0.431. The summed E-state index contributed by atoms with van der Waals surface area (Å²) < 4.78 is 5.11. The average molecular weight is 186 g/mol. The molecular formula is C11H22O2. The maximum atomic E-state index is 10.9. The van der Waals surface area contributed by atoms with Crippen molar-refractivity contribution in [2.24, 2.45) is 5.92 Å². The second-order valence-corrected chi connectivity index (χ2v) is 4.45. The van der Waals surface area contributed by atoms with Crippen molar-refractivity contribution < 1.29 is 9.53 Å². The summed E-state index contributed by atoms with van der Waals surface area (Å²) in [6.07, 6.45) is 2.82. The molecule has 1 aliphatic rings. The fourth-order valence-corrected chi connectivity index (χ4v) is 1.59. The Morgan fingerprint density at radius 1 is 1.46 bits per heavy atom. The lowest BCUT2D eigenvalue weighted by atomic mass is 9.90. The van der Waals surface area contributed by atoms with Gasteiger partial charge in [-0.05, 0) is 26.2 Å². The molecule has 1 fully saturated rings. The summed E-state index contributed by atoms with van der Waals surface area (Å²) in [6.45, 7) is 10.3. The Bertz CT molecular complexity index is 161. The molecule has 0 amide bonds. The van der Waals surface area contributed by atoms with E-state index in [-0.39, 0.29) is 11.6 Å². The van der Waals surface area contributed by atoms with Crippen LogP contribution in [0.4, 0.5) is 0 Å². The minimum Gasteiger partial charge on any atom is -0.460 e. The number of hydrogen-bond acceptors (Lipinski definition) is 2. The smallest absolute Gasteiger partial charge is 0.306 e. The van der Waals surface area contributed by atoms with Crippen LogP contribution < -0.4 is 0 Å². The monoisotopic (exact) mass is 186 g/mol. The highest BCUT2D eigenvalue weighted by Gasteiger charge is 2.31. The fourth-order valence-electron chi connectivity index (χ4n) is 1.59. The number of carbonyl (C=O) groups excluding carboxylic acids is 1. The first kappa shape index (κ1) is 12.5. The second kappa shape index (κ2) is 5.25. The van der Waals surface area contributed by atoms with Gasteiger partial charge in [0.25, 0.3) is 0 Å². The van der Waals surface area contributed by atoms with Crippen molar-refractivity contribution >= 4 is 5.97 Å². The van der Waals surface area contributed by atoms with Gasteiger partial charge in [-0.3, -0.25) is 4.79 Å². The van der Waals surface area contributed by atoms with Crippen molar-refractivity contribution in [2.45, 2.75) is 59.5 Å².